The van der Waals surface area contributed by atoms with Crippen molar-refractivity contribution in [3.8, 4) is 0 Å². The minimum atomic E-state index is -4.29. The molecule has 1 rings (SSSR count). The van der Waals surface area contributed by atoms with Crippen LogP contribution in [0.3, 0.4) is 0 Å². The summed E-state index contributed by atoms with van der Waals surface area (Å²) in [5, 5.41) is 3.01. The van der Waals surface area contributed by atoms with Gasteiger partial charge in [0.05, 0.1) is 5.69 Å². The van der Waals surface area contributed by atoms with Gasteiger partial charge in [-0.15, -0.1) is 0 Å². The monoisotopic (exact) mass is 275 g/mol. The molecule has 0 saturated heterocycles. The zero-order valence-electron chi connectivity index (χ0n) is 11.7. The maximum absolute atomic E-state index is 12.5. The van der Waals surface area contributed by atoms with E-state index in [2.05, 4.69) is 15.3 Å². The number of nitrogens with one attached hydrogen (secondary N) is 1. The van der Waals surface area contributed by atoms with Gasteiger partial charge >= 0.3 is 6.18 Å². The van der Waals surface area contributed by atoms with Crippen molar-refractivity contribution in [3.63, 3.8) is 0 Å². The Balaban J connectivity index is 3.09. The Labute approximate surface area is 111 Å². The summed E-state index contributed by atoms with van der Waals surface area (Å²) < 4.78 is 37.4. The standard InChI is InChI=1S/C13H20F3N3/c1-5-6-17-10-7-9(12(2,3)4)18-11(19-10)8-13(14,15)16/h7H,5-6,8H2,1-4H3,(H,17,18,19). The Morgan fingerprint density at radius 2 is 1.79 bits per heavy atom. The number of anilines is 1. The van der Waals surface area contributed by atoms with Crippen molar-refractivity contribution in [2.45, 2.75) is 52.1 Å². The smallest absolute Gasteiger partial charge is 0.370 e. The lowest BCUT2D eigenvalue weighted by molar-refractivity contribution is -0.128. The van der Waals surface area contributed by atoms with Gasteiger partial charge in [-0.05, 0) is 6.42 Å². The molecule has 0 spiro atoms. The third-order valence-corrected chi connectivity index (χ3v) is 2.46. The van der Waals surface area contributed by atoms with E-state index in [1.54, 1.807) is 6.07 Å². The summed E-state index contributed by atoms with van der Waals surface area (Å²) in [5.74, 6) is 0.277. The molecule has 0 aliphatic rings. The van der Waals surface area contributed by atoms with Crippen LogP contribution >= 0.6 is 0 Å². The van der Waals surface area contributed by atoms with E-state index < -0.39 is 12.6 Å². The predicted octanol–water partition coefficient (Wildman–Crippen LogP) is 3.70. The molecule has 0 amide bonds. The second-order valence-electron chi connectivity index (χ2n) is 5.52. The number of rotatable bonds is 4. The number of hydrogen-bond donors (Lipinski definition) is 1. The van der Waals surface area contributed by atoms with Crippen LogP contribution in [-0.2, 0) is 11.8 Å². The molecule has 3 nitrogen and oxygen atoms in total. The van der Waals surface area contributed by atoms with E-state index in [1.165, 1.54) is 0 Å². The Morgan fingerprint density at radius 3 is 2.26 bits per heavy atom. The fourth-order valence-corrected chi connectivity index (χ4v) is 1.48. The first-order valence-electron chi connectivity index (χ1n) is 6.31. The maximum atomic E-state index is 12.5. The highest BCUT2D eigenvalue weighted by molar-refractivity contribution is 5.38. The SMILES string of the molecule is CCCNc1cc(C(C)(C)C)nc(CC(F)(F)F)n1. The summed E-state index contributed by atoms with van der Waals surface area (Å²) >= 11 is 0. The number of alkyl halides is 3. The van der Waals surface area contributed by atoms with Crippen LogP contribution in [0.1, 0.15) is 45.6 Å². The molecule has 108 valence electrons. The maximum Gasteiger partial charge on any atom is 0.396 e. The summed E-state index contributed by atoms with van der Waals surface area (Å²) in [6.07, 6.45) is -4.51. The molecule has 0 aliphatic carbocycles. The molecule has 6 heteroatoms. The largest absolute Gasteiger partial charge is 0.396 e. The highest BCUT2D eigenvalue weighted by atomic mass is 19.4. The van der Waals surface area contributed by atoms with Gasteiger partial charge in [0.1, 0.15) is 18.1 Å². The van der Waals surface area contributed by atoms with Crippen molar-refractivity contribution in [2.75, 3.05) is 11.9 Å². The number of aromatic nitrogens is 2. The van der Waals surface area contributed by atoms with Gasteiger partial charge in [-0.1, -0.05) is 27.7 Å². The van der Waals surface area contributed by atoms with Crippen molar-refractivity contribution in [3.05, 3.63) is 17.6 Å². The van der Waals surface area contributed by atoms with Gasteiger partial charge in [-0.3, -0.25) is 0 Å². The fraction of sp³-hybridized carbons (Fsp3) is 0.692. The summed E-state index contributed by atoms with van der Waals surface area (Å²) in [6.45, 7) is 8.39. The van der Waals surface area contributed by atoms with E-state index in [0.29, 0.717) is 18.1 Å². The minimum absolute atomic E-state index is 0.182. The summed E-state index contributed by atoms with van der Waals surface area (Å²) in [7, 11) is 0. The molecule has 1 aromatic heterocycles. The topological polar surface area (TPSA) is 37.8 Å². The lowest BCUT2D eigenvalue weighted by atomic mass is 9.92. The fourth-order valence-electron chi connectivity index (χ4n) is 1.48. The average molecular weight is 275 g/mol. The van der Waals surface area contributed by atoms with Crippen LogP contribution in [-0.4, -0.2) is 22.7 Å². The van der Waals surface area contributed by atoms with Gasteiger partial charge in [0.15, 0.2) is 0 Å². The number of hydrogen-bond acceptors (Lipinski definition) is 3. The van der Waals surface area contributed by atoms with Gasteiger partial charge in [-0.2, -0.15) is 13.2 Å². The van der Waals surface area contributed by atoms with Crippen LogP contribution in [0.25, 0.3) is 0 Å². The predicted molar refractivity (Wildman–Crippen MR) is 69.3 cm³/mol. The van der Waals surface area contributed by atoms with E-state index in [1.807, 2.05) is 27.7 Å². The van der Waals surface area contributed by atoms with Gasteiger partial charge in [0.25, 0.3) is 0 Å². The quantitative estimate of drug-likeness (QED) is 0.910. The van der Waals surface area contributed by atoms with E-state index in [9.17, 15) is 13.2 Å². The Bertz CT molecular complexity index is 422. The van der Waals surface area contributed by atoms with Gasteiger partial charge in [0, 0.05) is 18.0 Å². The molecule has 1 heterocycles. The molecular weight excluding hydrogens is 255 g/mol. The highest BCUT2D eigenvalue weighted by Crippen LogP contribution is 2.25. The minimum Gasteiger partial charge on any atom is -0.370 e. The van der Waals surface area contributed by atoms with Crippen molar-refractivity contribution in [1.29, 1.82) is 0 Å². The number of nitrogens with zero attached hydrogens (tertiary/aromatic N) is 2. The second kappa shape index (κ2) is 5.75. The van der Waals surface area contributed by atoms with Crippen molar-refractivity contribution in [2.24, 2.45) is 0 Å². The summed E-state index contributed by atoms with van der Waals surface area (Å²) in [6, 6.07) is 1.72. The van der Waals surface area contributed by atoms with Crippen LogP contribution < -0.4 is 5.32 Å². The molecule has 0 aromatic carbocycles. The first-order chi connectivity index (χ1) is 8.62. The molecule has 1 N–H and O–H groups in total. The third kappa shape index (κ3) is 5.44. The van der Waals surface area contributed by atoms with E-state index in [4.69, 9.17) is 0 Å². The first-order valence-corrected chi connectivity index (χ1v) is 6.31. The summed E-state index contributed by atoms with van der Waals surface area (Å²) in [4.78, 5) is 7.95. The Hall–Kier alpha value is -1.33. The molecule has 0 fully saturated rings. The van der Waals surface area contributed by atoms with E-state index in [-0.39, 0.29) is 11.2 Å². The van der Waals surface area contributed by atoms with Crippen molar-refractivity contribution >= 4 is 5.82 Å². The van der Waals surface area contributed by atoms with Crippen LogP contribution in [0.15, 0.2) is 6.07 Å². The lowest BCUT2D eigenvalue weighted by Crippen LogP contribution is -2.20. The molecule has 0 bridgehead atoms. The number of halogens is 3. The van der Waals surface area contributed by atoms with Crippen LogP contribution in [0.4, 0.5) is 19.0 Å². The van der Waals surface area contributed by atoms with E-state index >= 15 is 0 Å². The highest BCUT2D eigenvalue weighted by Gasteiger charge is 2.30. The molecular formula is C13H20F3N3. The zero-order chi connectivity index (χ0) is 14.7. The normalized spacial score (nSPS) is 12.6. The first kappa shape index (κ1) is 15.7. The third-order valence-electron chi connectivity index (χ3n) is 2.46. The lowest BCUT2D eigenvalue weighted by Gasteiger charge is -2.20. The molecule has 0 unspecified atom stereocenters. The Morgan fingerprint density at radius 1 is 1.16 bits per heavy atom. The summed E-state index contributed by atoms with van der Waals surface area (Å²) in [5.41, 5.74) is 0.298. The molecule has 1 aromatic rings. The molecule has 0 radical (unpaired) electrons. The van der Waals surface area contributed by atoms with Crippen LogP contribution in [0.5, 0.6) is 0 Å². The Kier molecular flexibility index (Phi) is 4.76. The van der Waals surface area contributed by atoms with Crippen molar-refractivity contribution in [1.82, 2.24) is 9.97 Å². The van der Waals surface area contributed by atoms with Crippen molar-refractivity contribution < 1.29 is 13.2 Å². The molecule has 0 saturated carbocycles. The molecule has 0 atom stereocenters. The second-order valence-corrected chi connectivity index (χ2v) is 5.52. The average Bonchev–Trinajstić information content (AvgIpc) is 2.22. The molecule has 0 aliphatic heterocycles. The van der Waals surface area contributed by atoms with Gasteiger partial charge in [-0.25, -0.2) is 9.97 Å². The van der Waals surface area contributed by atoms with E-state index in [0.717, 1.165) is 6.42 Å². The van der Waals surface area contributed by atoms with Gasteiger partial charge in [0.2, 0.25) is 0 Å². The molecule has 19 heavy (non-hydrogen) atoms. The van der Waals surface area contributed by atoms with Crippen LogP contribution in [0.2, 0.25) is 0 Å². The van der Waals surface area contributed by atoms with Gasteiger partial charge < -0.3 is 5.32 Å². The zero-order valence-corrected chi connectivity index (χ0v) is 11.7. The van der Waals surface area contributed by atoms with Crippen LogP contribution in [0, 0.1) is 0 Å².